The zero-order valence-electron chi connectivity index (χ0n) is 15.0. The topological polar surface area (TPSA) is 0 Å². The van der Waals surface area contributed by atoms with Gasteiger partial charge in [-0.2, -0.15) is 0 Å². The monoisotopic (exact) mass is 432 g/mol. The molecule has 0 aromatic carbocycles. The van der Waals surface area contributed by atoms with E-state index in [0.29, 0.717) is 5.92 Å². The molecule has 0 nitrogen and oxygen atoms in total. The number of rotatable bonds is 7. The lowest BCUT2D eigenvalue weighted by atomic mass is 9.79. The van der Waals surface area contributed by atoms with Crippen LogP contribution in [0.15, 0.2) is 84.1 Å². The molecule has 24 heavy (non-hydrogen) atoms. The molecular weight excluding hydrogens is 403 g/mol. The minimum atomic E-state index is 0.0626. The second-order valence-corrected chi connectivity index (χ2v) is 7.87. The molecule has 2 aliphatic carbocycles. The Hall–Kier alpha value is -1.09. The lowest BCUT2D eigenvalue weighted by Crippen LogP contribution is -2.15. The zero-order valence-corrected chi connectivity index (χ0v) is 17.2. The predicted octanol–water partition coefficient (Wildman–Crippen LogP) is 7.29. The van der Waals surface area contributed by atoms with Gasteiger partial charge in [0.25, 0.3) is 0 Å². The molecule has 0 spiro atoms. The van der Waals surface area contributed by atoms with E-state index >= 15 is 0 Å². The van der Waals surface area contributed by atoms with Crippen LogP contribution in [-0.2, 0) is 0 Å². The van der Waals surface area contributed by atoms with Crippen LogP contribution in [0.4, 0.5) is 0 Å². The van der Waals surface area contributed by atoms with Crippen molar-refractivity contribution in [3.8, 4) is 0 Å². The summed E-state index contributed by atoms with van der Waals surface area (Å²) in [5.41, 5.74) is 5.91. The molecule has 1 unspecified atom stereocenters. The maximum absolute atomic E-state index is 4.11. The van der Waals surface area contributed by atoms with Crippen LogP contribution in [0.2, 0.25) is 0 Å². The summed E-state index contributed by atoms with van der Waals surface area (Å²) >= 11 is 2.44. The highest BCUT2D eigenvalue weighted by molar-refractivity contribution is 14.1. The summed E-state index contributed by atoms with van der Waals surface area (Å²) in [4.78, 5) is 0. The zero-order chi connectivity index (χ0) is 17.6. The van der Waals surface area contributed by atoms with Crippen molar-refractivity contribution in [3.63, 3.8) is 0 Å². The van der Waals surface area contributed by atoms with Gasteiger partial charge in [0.05, 0.1) is 0 Å². The van der Waals surface area contributed by atoms with Gasteiger partial charge in [-0.05, 0) is 36.8 Å². The van der Waals surface area contributed by atoms with E-state index in [0.717, 1.165) is 17.3 Å². The minimum absolute atomic E-state index is 0.0626. The summed E-state index contributed by atoms with van der Waals surface area (Å²) in [6.45, 7) is 12.7. The first-order valence-corrected chi connectivity index (χ1v) is 10.3. The van der Waals surface area contributed by atoms with Crippen LogP contribution in [0.25, 0.3) is 0 Å². The quantitative estimate of drug-likeness (QED) is 0.225. The Balaban J connectivity index is 2.32. The Morgan fingerprint density at radius 1 is 1.33 bits per heavy atom. The van der Waals surface area contributed by atoms with Gasteiger partial charge in [-0.3, -0.25) is 0 Å². The van der Waals surface area contributed by atoms with Gasteiger partial charge in [-0.25, -0.2) is 0 Å². The summed E-state index contributed by atoms with van der Waals surface area (Å²) in [5.74, 6) is 0.441. The van der Waals surface area contributed by atoms with Crippen molar-refractivity contribution in [2.75, 3.05) is 4.43 Å². The Morgan fingerprint density at radius 3 is 2.71 bits per heavy atom. The molecule has 2 aliphatic rings. The third kappa shape index (κ3) is 4.11. The highest BCUT2D eigenvalue weighted by Crippen LogP contribution is 2.52. The molecule has 2 rings (SSSR count). The average Bonchev–Trinajstić information content (AvgIpc) is 2.77. The molecule has 0 aromatic heterocycles. The van der Waals surface area contributed by atoms with E-state index < -0.39 is 0 Å². The molecule has 0 aromatic rings. The van der Waals surface area contributed by atoms with Gasteiger partial charge in [0.1, 0.15) is 0 Å². The van der Waals surface area contributed by atoms with Crippen LogP contribution in [0.1, 0.15) is 39.5 Å². The molecule has 1 atom stereocenters. The van der Waals surface area contributed by atoms with Gasteiger partial charge < -0.3 is 0 Å². The fourth-order valence-electron chi connectivity index (χ4n) is 3.95. The van der Waals surface area contributed by atoms with Gasteiger partial charge >= 0.3 is 0 Å². The molecule has 0 bridgehead atoms. The maximum Gasteiger partial charge on any atom is 0.0179 e. The first-order valence-electron chi connectivity index (χ1n) is 8.81. The van der Waals surface area contributed by atoms with E-state index in [-0.39, 0.29) is 5.41 Å². The summed E-state index contributed by atoms with van der Waals surface area (Å²) < 4.78 is 1.05. The van der Waals surface area contributed by atoms with Crippen molar-refractivity contribution >= 4 is 22.6 Å². The Bertz CT molecular complexity index is 635. The van der Waals surface area contributed by atoms with Gasteiger partial charge in [0.2, 0.25) is 0 Å². The fraction of sp³-hybridized carbons (Fsp3) is 0.391. The third-order valence-corrected chi connectivity index (χ3v) is 5.58. The lowest BCUT2D eigenvalue weighted by molar-refractivity contribution is 0.531. The Morgan fingerprint density at radius 2 is 2.12 bits per heavy atom. The standard InChI is InChI=1S/C23H29I/c1-5-11-19-20(15-10-14-18-12-8-7-9-13-18)21(6-2)23(3,4)22(19)16-17-24/h5-8,10,12,15-16,19H,1-2,9,11,13-14,17H2,3-4H3/b15-10-,22-16+. The number of hydrogen-bond acceptors (Lipinski definition) is 0. The molecular formula is C23H29I. The van der Waals surface area contributed by atoms with Crippen LogP contribution in [0, 0.1) is 11.3 Å². The molecule has 128 valence electrons. The third-order valence-electron chi connectivity index (χ3n) is 5.14. The van der Waals surface area contributed by atoms with Crippen molar-refractivity contribution < 1.29 is 0 Å². The van der Waals surface area contributed by atoms with E-state index in [4.69, 9.17) is 0 Å². The molecule has 1 heteroatoms. The summed E-state index contributed by atoms with van der Waals surface area (Å²) in [7, 11) is 0. The van der Waals surface area contributed by atoms with Crippen LogP contribution in [-0.4, -0.2) is 4.43 Å². The van der Waals surface area contributed by atoms with E-state index in [1.54, 1.807) is 0 Å². The normalized spacial score (nSPS) is 24.7. The first-order chi connectivity index (χ1) is 11.6. The van der Waals surface area contributed by atoms with Crippen molar-refractivity contribution in [1.82, 2.24) is 0 Å². The SMILES string of the molecule is C=CCC1C(/C=C\CC2=CC=CCC2)=C(C=C)C(C)(C)/C1=C/CI. The van der Waals surface area contributed by atoms with Crippen molar-refractivity contribution in [2.24, 2.45) is 11.3 Å². The first kappa shape index (κ1) is 19.2. The summed E-state index contributed by atoms with van der Waals surface area (Å²) in [6.07, 6.45) is 22.3. The fourth-order valence-corrected chi connectivity index (χ4v) is 4.42. The summed E-state index contributed by atoms with van der Waals surface area (Å²) in [6, 6.07) is 0. The van der Waals surface area contributed by atoms with Gasteiger partial charge in [0, 0.05) is 15.8 Å². The van der Waals surface area contributed by atoms with Gasteiger partial charge in [0.15, 0.2) is 0 Å². The second kappa shape index (κ2) is 8.84. The average molecular weight is 432 g/mol. The predicted molar refractivity (Wildman–Crippen MR) is 116 cm³/mol. The number of allylic oxidation sites excluding steroid dienone is 12. The Labute approximate surface area is 161 Å². The number of alkyl halides is 1. The minimum Gasteiger partial charge on any atom is -0.103 e. The van der Waals surface area contributed by atoms with Crippen LogP contribution in [0.3, 0.4) is 0 Å². The van der Waals surface area contributed by atoms with Crippen molar-refractivity contribution in [2.45, 2.75) is 39.5 Å². The molecule has 0 fully saturated rings. The highest BCUT2D eigenvalue weighted by Gasteiger charge is 2.40. The largest absolute Gasteiger partial charge is 0.103 e. The van der Waals surface area contributed by atoms with Crippen LogP contribution < -0.4 is 0 Å². The molecule has 0 aliphatic heterocycles. The smallest absolute Gasteiger partial charge is 0.0179 e. The summed E-state index contributed by atoms with van der Waals surface area (Å²) in [5, 5.41) is 0. The molecule has 0 saturated carbocycles. The molecule has 0 radical (unpaired) electrons. The van der Waals surface area contributed by atoms with Crippen molar-refractivity contribution in [1.29, 1.82) is 0 Å². The van der Waals surface area contributed by atoms with E-state index in [2.05, 4.69) is 98.2 Å². The van der Waals surface area contributed by atoms with E-state index in [1.807, 2.05) is 0 Å². The van der Waals surface area contributed by atoms with Crippen LogP contribution >= 0.6 is 22.6 Å². The number of halogens is 1. The van der Waals surface area contributed by atoms with Gasteiger partial charge in [-0.1, -0.05) is 103 Å². The molecule has 0 N–H and O–H groups in total. The molecule has 0 amide bonds. The highest BCUT2D eigenvalue weighted by atomic mass is 127. The maximum atomic E-state index is 4.11. The van der Waals surface area contributed by atoms with Crippen LogP contribution in [0.5, 0.6) is 0 Å². The van der Waals surface area contributed by atoms with E-state index in [9.17, 15) is 0 Å². The molecule has 0 saturated heterocycles. The molecule has 0 heterocycles. The van der Waals surface area contributed by atoms with Crippen molar-refractivity contribution in [3.05, 3.63) is 84.1 Å². The Kier molecular flexibility index (Phi) is 7.09. The lowest BCUT2D eigenvalue weighted by Gasteiger charge is -2.25. The second-order valence-electron chi connectivity index (χ2n) is 6.99. The van der Waals surface area contributed by atoms with E-state index in [1.165, 1.54) is 35.1 Å². The number of hydrogen-bond donors (Lipinski definition) is 0. The van der Waals surface area contributed by atoms with Gasteiger partial charge in [-0.15, -0.1) is 6.58 Å².